The molecule has 0 atom stereocenters. The van der Waals surface area contributed by atoms with Gasteiger partial charge in [0.15, 0.2) is 0 Å². The van der Waals surface area contributed by atoms with Crippen molar-refractivity contribution in [2.75, 3.05) is 0 Å². The average Bonchev–Trinajstić information content (AvgIpc) is 3.12. The van der Waals surface area contributed by atoms with Crippen molar-refractivity contribution in [2.45, 2.75) is 45.6 Å². The minimum atomic E-state index is 0.226. The van der Waals surface area contributed by atoms with Gasteiger partial charge >= 0.3 is 0 Å². The Kier molecular flexibility index (Phi) is 6.11. The number of rotatable bonds is 5. The molecule has 0 bridgehead atoms. The molecule has 1 aliphatic carbocycles. The molecule has 1 fully saturated rings. The average molecular weight is 466 g/mol. The van der Waals surface area contributed by atoms with Crippen LogP contribution in [0.25, 0.3) is 22.3 Å². The molecular weight excluding hydrogens is 441 g/mol. The molecule has 4 aromatic heterocycles. The smallest absolute Gasteiger partial charge is 0.223 e. The summed E-state index contributed by atoms with van der Waals surface area (Å²) >= 11 is 12.7. The van der Waals surface area contributed by atoms with Gasteiger partial charge in [-0.2, -0.15) is 0 Å². The summed E-state index contributed by atoms with van der Waals surface area (Å²) in [6.07, 6.45) is 15.1. The Balaban J connectivity index is 1.64. The third kappa shape index (κ3) is 4.50. The molecule has 0 unspecified atom stereocenters. The summed E-state index contributed by atoms with van der Waals surface area (Å²) in [4.78, 5) is 17.8. The summed E-state index contributed by atoms with van der Waals surface area (Å²) in [6, 6.07) is 5.93. The SMILES string of the molecule is C[C@H]1CC[C@H](Cn2cc(Cc3cccnc3)c3nc(Cl)nc(-c4cncc(Cl)c4)c32)CC1. The van der Waals surface area contributed by atoms with Gasteiger partial charge < -0.3 is 4.57 Å². The zero-order valence-corrected chi connectivity index (χ0v) is 19.5. The quantitative estimate of drug-likeness (QED) is 0.311. The predicted molar refractivity (Wildman–Crippen MR) is 129 cm³/mol. The van der Waals surface area contributed by atoms with Crippen LogP contribution < -0.4 is 0 Å². The highest BCUT2D eigenvalue weighted by molar-refractivity contribution is 6.31. The van der Waals surface area contributed by atoms with Crippen LogP contribution in [0.2, 0.25) is 10.3 Å². The Bertz CT molecular complexity index is 1230. The lowest BCUT2D eigenvalue weighted by Crippen LogP contribution is -2.17. The molecule has 4 heterocycles. The molecule has 0 saturated heterocycles. The Morgan fingerprint density at radius 3 is 2.62 bits per heavy atom. The van der Waals surface area contributed by atoms with Gasteiger partial charge in [-0.25, -0.2) is 9.97 Å². The lowest BCUT2D eigenvalue weighted by atomic mass is 9.83. The highest BCUT2D eigenvalue weighted by Gasteiger charge is 2.23. The normalized spacial score (nSPS) is 18.8. The maximum absolute atomic E-state index is 6.41. The predicted octanol–water partition coefficient (Wildman–Crippen LogP) is 6.61. The molecule has 0 spiro atoms. The largest absolute Gasteiger partial charge is 0.344 e. The van der Waals surface area contributed by atoms with Gasteiger partial charge in [0.2, 0.25) is 5.28 Å². The van der Waals surface area contributed by atoms with Crippen molar-refractivity contribution >= 4 is 34.2 Å². The van der Waals surface area contributed by atoms with Crippen molar-refractivity contribution < 1.29 is 0 Å². The number of pyridine rings is 2. The van der Waals surface area contributed by atoms with E-state index in [1.165, 1.54) is 25.7 Å². The van der Waals surface area contributed by atoms with E-state index in [0.29, 0.717) is 10.9 Å². The van der Waals surface area contributed by atoms with E-state index in [1.54, 1.807) is 18.6 Å². The minimum Gasteiger partial charge on any atom is -0.344 e. The maximum Gasteiger partial charge on any atom is 0.223 e. The fraction of sp³-hybridized carbons (Fsp3) is 0.360. The van der Waals surface area contributed by atoms with Crippen LogP contribution in [0.5, 0.6) is 0 Å². The molecular formula is C25H25Cl2N5. The third-order valence-electron chi connectivity index (χ3n) is 6.45. The van der Waals surface area contributed by atoms with E-state index < -0.39 is 0 Å². The van der Waals surface area contributed by atoms with Crippen molar-refractivity contribution in [2.24, 2.45) is 11.8 Å². The van der Waals surface area contributed by atoms with Crippen molar-refractivity contribution in [1.82, 2.24) is 24.5 Å². The molecule has 5 rings (SSSR count). The fourth-order valence-corrected chi connectivity index (χ4v) is 5.11. The molecule has 0 aliphatic heterocycles. The lowest BCUT2D eigenvalue weighted by Gasteiger charge is -2.26. The summed E-state index contributed by atoms with van der Waals surface area (Å²) in [5.41, 5.74) is 5.76. The van der Waals surface area contributed by atoms with E-state index >= 15 is 0 Å². The number of hydrogen-bond donors (Lipinski definition) is 0. The highest BCUT2D eigenvalue weighted by Crippen LogP contribution is 2.35. The second-order valence-corrected chi connectivity index (χ2v) is 9.68. The van der Waals surface area contributed by atoms with Crippen molar-refractivity contribution in [1.29, 1.82) is 0 Å². The van der Waals surface area contributed by atoms with Gasteiger partial charge in [-0.15, -0.1) is 0 Å². The maximum atomic E-state index is 6.41. The van der Waals surface area contributed by atoms with Gasteiger partial charge in [-0.3, -0.25) is 9.97 Å². The second kappa shape index (κ2) is 9.16. The van der Waals surface area contributed by atoms with Crippen molar-refractivity contribution in [3.63, 3.8) is 0 Å². The van der Waals surface area contributed by atoms with E-state index in [9.17, 15) is 0 Å². The number of aromatic nitrogens is 5. The van der Waals surface area contributed by atoms with Gasteiger partial charge in [-0.05, 0) is 54.0 Å². The standard InChI is InChI=1S/C25H25Cl2N5/c1-16-4-6-17(7-5-16)14-32-15-20(9-18-3-2-8-28-11-18)23-24(32)22(30-25(27)31-23)19-10-21(26)13-29-12-19/h2-3,8,10-13,15-17H,4-7,9,14H2,1H3/t16-,17-. The lowest BCUT2D eigenvalue weighted by molar-refractivity contribution is 0.267. The van der Waals surface area contributed by atoms with E-state index in [1.807, 2.05) is 18.3 Å². The van der Waals surface area contributed by atoms with Crippen LogP contribution in [0.15, 0.2) is 49.2 Å². The summed E-state index contributed by atoms with van der Waals surface area (Å²) in [5, 5.41) is 0.796. The zero-order valence-electron chi connectivity index (χ0n) is 18.0. The Labute approximate surface area is 197 Å². The molecule has 32 heavy (non-hydrogen) atoms. The summed E-state index contributed by atoms with van der Waals surface area (Å²) < 4.78 is 2.33. The van der Waals surface area contributed by atoms with Crippen molar-refractivity contribution in [3.05, 3.63) is 70.6 Å². The van der Waals surface area contributed by atoms with Gasteiger partial charge in [-0.1, -0.05) is 37.4 Å². The summed E-state index contributed by atoms with van der Waals surface area (Å²) in [5.74, 6) is 1.47. The van der Waals surface area contributed by atoms with Crippen molar-refractivity contribution in [3.8, 4) is 11.3 Å². The molecule has 1 saturated carbocycles. The Morgan fingerprint density at radius 1 is 1.03 bits per heavy atom. The van der Waals surface area contributed by atoms with Gasteiger partial charge in [0, 0.05) is 55.1 Å². The van der Waals surface area contributed by atoms with Crippen LogP contribution in [0, 0.1) is 11.8 Å². The molecule has 4 aromatic rings. The van der Waals surface area contributed by atoms with E-state index in [4.69, 9.17) is 23.2 Å². The van der Waals surface area contributed by atoms with E-state index in [0.717, 1.165) is 52.3 Å². The molecule has 1 aliphatic rings. The number of fused-ring (bicyclic) bond motifs is 1. The van der Waals surface area contributed by atoms with Crippen LogP contribution in [0.4, 0.5) is 0 Å². The summed E-state index contributed by atoms with van der Waals surface area (Å²) in [6.45, 7) is 3.30. The molecule has 0 aromatic carbocycles. The van der Waals surface area contributed by atoms with Crippen LogP contribution in [0.1, 0.15) is 43.7 Å². The van der Waals surface area contributed by atoms with Gasteiger partial charge in [0.25, 0.3) is 0 Å². The highest BCUT2D eigenvalue weighted by atomic mass is 35.5. The molecule has 5 nitrogen and oxygen atoms in total. The second-order valence-electron chi connectivity index (χ2n) is 8.90. The molecule has 0 N–H and O–H groups in total. The first kappa shape index (κ1) is 21.4. The zero-order chi connectivity index (χ0) is 22.1. The van der Waals surface area contributed by atoms with Gasteiger partial charge in [0.05, 0.1) is 16.1 Å². The topological polar surface area (TPSA) is 56.5 Å². The first-order valence-electron chi connectivity index (χ1n) is 11.1. The number of nitrogens with zero attached hydrogens (tertiary/aromatic N) is 5. The first-order valence-corrected chi connectivity index (χ1v) is 11.9. The van der Waals surface area contributed by atoms with Crippen LogP contribution in [-0.4, -0.2) is 24.5 Å². The van der Waals surface area contributed by atoms with E-state index in [-0.39, 0.29) is 5.28 Å². The third-order valence-corrected chi connectivity index (χ3v) is 6.82. The number of hydrogen-bond acceptors (Lipinski definition) is 4. The molecule has 0 amide bonds. The van der Waals surface area contributed by atoms with Crippen LogP contribution in [0.3, 0.4) is 0 Å². The molecule has 164 valence electrons. The Morgan fingerprint density at radius 2 is 1.88 bits per heavy atom. The molecule has 7 heteroatoms. The minimum absolute atomic E-state index is 0.226. The van der Waals surface area contributed by atoms with E-state index in [2.05, 4.69) is 43.7 Å². The molecule has 0 radical (unpaired) electrons. The number of halogens is 2. The summed E-state index contributed by atoms with van der Waals surface area (Å²) in [7, 11) is 0. The van der Waals surface area contributed by atoms with Gasteiger partial charge in [0.1, 0.15) is 5.69 Å². The van der Waals surface area contributed by atoms with Crippen LogP contribution in [-0.2, 0) is 13.0 Å². The Hall–Kier alpha value is -2.50. The monoisotopic (exact) mass is 465 g/mol. The fourth-order valence-electron chi connectivity index (χ4n) is 4.77. The van der Waals surface area contributed by atoms with Crippen LogP contribution >= 0.6 is 23.2 Å². The first-order chi connectivity index (χ1) is 15.6.